The Morgan fingerprint density at radius 3 is 2.73 bits per heavy atom. The average Bonchev–Trinajstić information content (AvgIpc) is 2.74. The predicted molar refractivity (Wildman–Crippen MR) is 65.8 cm³/mol. The van der Waals surface area contributed by atoms with E-state index < -0.39 is 0 Å². The van der Waals surface area contributed by atoms with Crippen LogP contribution in [0.25, 0.3) is 0 Å². The maximum absolute atomic E-state index is 5.80. The maximum atomic E-state index is 5.80. The number of thiazole rings is 1. The van der Waals surface area contributed by atoms with Crippen molar-refractivity contribution in [2.45, 2.75) is 6.42 Å². The molecule has 0 amide bonds. The minimum absolute atomic E-state index is 0.784. The average molecular weight is 239 g/mol. The molecule has 1 aromatic carbocycles. The lowest BCUT2D eigenvalue weighted by molar-refractivity contribution is 1.02. The van der Waals surface area contributed by atoms with E-state index in [2.05, 4.69) is 10.3 Å². The number of rotatable bonds is 4. The van der Waals surface area contributed by atoms with Crippen LogP contribution in [-0.2, 0) is 6.42 Å². The highest BCUT2D eigenvalue weighted by Gasteiger charge is 1.95. The molecular formula is C11H11ClN2S. The molecule has 0 aliphatic carbocycles. The van der Waals surface area contributed by atoms with Crippen molar-refractivity contribution in [3.63, 3.8) is 0 Å². The fourth-order valence-electron chi connectivity index (χ4n) is 1.28. The quantitative estimate of drug-likeness (QED) is 0.883. The number of halogens is 1. The molecule has 0 atom stereocenters. The van der Waals surface area contributed by atoms with Crippen molar-refractivity contribution in [3.8, 4) is 0 Å². The zero-order valence-electron chi connectivity index (χ0n) is 8.11. The molecular weight excluding hydrogens is 228 g/mol. The number of nitrogens with one attached hydrogen (secondary N) is 1. The normalized spacial score (nSPS) is 10.2. The Labute approximate surface area is 97.9 Å². The second-order valence-corrected chi connectivity index (χ2v) is 4.47. The van der Waals surface area contributed by atoms with E-state index in [1.807, 2.05) is 29.6 Å². The largest absolute Gasteiger partial charge is 0.361 e. The molecule has 1 N–H and O–H groups in total. The van der Waals surface area contributed by atoms with Crippen molar-refractivity contribution in [1.29, 1.82) is 0 Å². The molecule has 0 saturated heterocycles. The monoisotopic (exact) mass is 238 g/mol. The van der Waals surface area contributed by atoms with Gasteiger partial charge in [-0.15, -0.1) is 11.3 Å². The lowest BCUT2D eigenvalue weighted by atomic mass is 10.1. The summed E-state index contributed by atoms with van der Waals surface area (Å²) < 4.78 is 0. The molecule has 2 aromatic rings. The van der Waals surface area contributed by atoms with Gasteiger partial charge >= 0.3 is 0 Å². The van der Waals surface area contributed by atoms with Crippen molar-refractivity contribution in [2.24, 2.45) is 0 Å². The van der Waals surface area contributed by atoms with Crippen molar-refractivity contribution in [3.05, 3.63) is 46.4 Å². The van der Waals surface area contributed by atoms with E-state index in [4.69, 9.17) is 11.6 Å². The fraction of sp³-hybridized carbons (Fsp3) is 0.182. The topological polar surface area (TPSA) is 24.9 Å². The van der Waals surface area contributed by atoms with E-state index in [1.54, 1.807) is 17.5 Å². The van der Waals surface area contributed by atoms with Crippen molar-refractivity contribution >= 4 is 28.1 Å². The Morgan fingerprint density at radius 2 is 2.07 bits per heavy atom. The predicted octanol–water partition coefficient (Wildman–Crippen LogP) is 3.45. The highest BCUT2D eigenvalue weighted by Crippen LogP contribution is 2.12. The van der Waals surface area contributed by atoms with Crippen LogP contribution in [0, 0.1) is 0 Å². The van der Waals surface area contributed by atoms with Gasteiger partial charge in [0.05, 0.1) is 0 Å². The molecule has 2 rings (SSSR count). The molecule has 0 saturated carbocycles. The van der Waals surface area contributed by atoms with E-state index in [9.17, 15) is 0 Å². The Balaban J connectivity index is 1.81. The van der Waals surface area contributed by atoms with Crippen LogP contribution in [0.2, 0.25) is 5.02 Å². The molecule has 0 aliphatic heterocycles. The van der Waals surface area contributed by atoms with Crippen LogP contribution in [0.15, 0.2) is 35.8 Å². The molecule has 15 heavy (non-hydrogen) atoms. The van der Waals surface area contributed by atoms with Gasteiger partial charge in [-0.3, -0.25) is 0 Å². The smallest absolute Gasteiger partial charge is 0.182 e. The van der Waals surface area contributed by atoms with Crippen molar-refractivity contribution < 1.29 is 0 Å². The summed E-state index contributed by atoms with van der Waals surface area (Å²) in [6, 6.07) is 7.93. The first-order valence-electron chi connectivity index (χ1n) is 4.72. The molecule has 1 heterocycles. The molecule has 0 aliphatic rings. The minimum Gasteiger partial charge on any atom is -0.361 e. The summed E-state index contributed by atoms with van der Waals surface area (Å²) in [5.41, 5.74) is 1.28. The third-order valence-electron chi connectivity index (χ3n) is 2.04. The molecule has 0 fully saturated rings. The van der Waals surface area contributed by atoms with Crippen LogP contribution in [0.3, 0.4) is 0 Å². The third kappa shape index (κ3) is 3.22. The van der Waals surface area contributed by atoms with Crippen LogP contribution >= 0.6 is 22.9 Å². The maximum Gasteiger partial charge on any atom is 0.182 e. The standard InChI is InChI=1S/C11H11ClN2S/c12-10-3-1-9(2-4-10)5-6-13-11-14-7-8-15-11/h1-4,7-8H,5-6H2,(H,13,14). The van der Waals surface area contributed by atoms with Crippen LogP contribution in [-0.4, -0.2) is 11.5 Å². The molecule has 4 heteroatoms. The highest BCUT2D eigenvalue weighted by molar-refractivity contribution is 7.13. The third-order valence-corrected chi connectivity index (χ3v) is 3.02. The van der Waals surface area contributed by atoms with Crippen molar-refractivity contribution in [2.75, 3.05) is 11.9 Å². The summed E-state index contributed by atoms with van der Waals surface area (Å²) in [5.74, 6) is 0. The summed E-state index contributed by atoms with van der Waals surface area (Å²) in [6.07, 6.45) is 2.78. The number of hydrogen-bond acceptors (Lipinski definition) is 3. The Bertz CT molecular complexity index is 397. The number of benzene rings is 1. The molecule has 0 bridgehead atoms. The minimum atomic E-state index is 0.784. The lowest BCUT2D eigenvalue weighted by Gasteiger charge is -2.02. The molecule has 0 radical (unpaired) electrons. The van der Waals surface area contributed by atoms with Gasteiger partial charge in [-0.05, 0) is 24.1 Å². The van der Waals surface area contributed by atoms with Gasteiger partial charge in [0.2, 0.25) is 0 Å². The van der Waals surface area contributed by atoms with E-state index in [-0.39, 0.29) is 0 Å². The Kier molecular flexibility index (Phi) is 3.59. The van der Waals surface area contributed by atoms with Gasteiger partial charge in [0.1, 0.15) is 0 Å². The molecule has 78 valence electrons. The van der Waals surface area contributed by atoms with E-state index in [1.165, 1.54) is 5.56 Å². The summed E-state index contributed by atoms with van der Waals surface area (Å²) in [5, 5.41) is 6.98. The van der Waals surface area contributed by atoms with Gasteiger partial charge in [0.15, 0.2) is 5.13 Å². The van der Waals surface area contributed by atoms with Crippen LogP contribution < -0.4 is 5.32 Å². The zero-order valence-corrected chi connectivity index (χ0v) is 9.68. The second-order valence-electron chi connectivity index (χ2n) is 3.14. The van der Waals surface area contributed by atoms with Gasteiger partial charge in [-0.25, -0.2) is 4.98 Å². The Hall–Kier alpha value is -1.06. The zero-order chi connectivity index (χ0) is 10.5. The first kappa shape index (κ1) is 10.5. The van der Waals surface area contributed by atoms with Gasteiger partial charge < -0.3 is 5.32 Å². The van der Waals surface area contributed by atoms with Gasteiger partial charge in [0.25, 0.3) is 0 Å². The van der Waals surface area contributed by atoms with Crippen LogP contribution in [0.1, 0.15) is 5.56 Å². The Morgan fingerprint density at radius 1 is 1.27 bits per heavy atom. The number of hydrogen-bond donors (Lipinski definition) is 1. The molecule has 0 unspecified atom stereocenters. The number of anilines is 1. The van der Waals surface area contributed by atoms with Gasteiger partial charge in [-0.2, -0.15) is 0 Å². The molecule has 1 aromatic heterocycles. The van der Waals surface area contributed by atoms with Gasteiger partial charge in [-0.1, -0.05) is 23.7 Å². The first-order chi connectivity index (χ1) is 7.34. The van der Waals surface area contributed by atoms with Crippen molar-refractivity contribution in [1.82, 2.24) is 4.98 Å². The highest BCUT2D eigenvalue weighted by atomic mass is 35.5. The lowest BCUT2D eigenvalue weighted by Crippen LogP contribution is -2.04. The fourth-order valence-corrected chi connectivity index (χ4v) is 1.96. The summed E-state index contributed by atoms with van der Waals surface area (Å²) in [4.78, 5) is 4.15. The number of nitrogens with zero attached hydrogens (tertiary/aromatic N) is 1. The van der Waals surface area contributed by atoms with Crippen LogP contribution in [0.5, 0.6) is 0 Å². The molecule has 2 nitrogen and oxygen atoms in total. The van der Waals surface area contributed by atoms with E-state index >= 15 is 0 Å². The SMILES string of the molecule is Clc1ccc(CCNc2nccs2)cc1. The van der Waals surface area contributed by atoms with Crippen LogP contribution in [0.4, 0.5) is 5.13 Å². The number of aromatic nitrogens is 1. The summed E-state index contributed by atoms with van der Waals surface area (Å²) in [7, 11) is 0. The summed E-state index contributed by atoms with van der Waals surface area (Å²) in [6.45, 7) is 0.898. The molecule has 0 spiro atoms. The van der Waals surface area contributed by atoms with Gasteiger partial charge in [0, 0.05) is 23.1 Å². The first-order valence-corrected chi connectivity index (χ1v) is 5.98. The van der Waals surface area contributed by atoms with E-state index in [0.29, 0.717) is 0 Å². The van der Waals surface area contributed by atoms with E-state index in [0.717, 1.165) is 23.1 Å². The summed E-state index contributed by atoms with van der Waals surface area (Å²) >= 11 is 7.42. The second kappa shape index (κ2) is 5.14.